The number of nitrogen functional groups attached to an aromatic ring is 2. The van der Waals surface area contributed by atoms with E-state index in [0.29, 0.717) is 0 Å². The predicted molar refractivity (Wildman–Crippen MR) is 311 cm³/mol. The van der Waals surface area contributed by atoms with Crippen molar-refractivity contribution < 1.29 is 0 Å². The highest BCUT2D eigenvalue weighted by Crippen LogP contribution is 2.50. The Morgan fingerprint density at radius 2 is 0.500 bits per heavy atom. The fourth-order valence-electron chi connectivity index (χ4n) is 13.2. The molecule has 0 amide bonds. The molecule has 13 rings (SSSR count). The summed E-state index contributed by atoms with van der Waals surface area (Å²) in [6, 6.07) is 55.7. The summed E-state index contributed by atoms with van der Waals surface area (Å²) in [7, 11) is 0. The highest BCUT2D eigenvalue weighted by atomic mass is 15.2. The third kappa shape index (κ3) is 6.65. The van der Waals surface area contributed by atoms with E-state index in [0.717, 1.165) is 68.2 Å². The van der Waals surface area contributed by atoms with E-state index < -0.39 is 0 Å². The van der Waals surface area contributed by atoms with Gasteiger partial charge in [0.1, 0.15) is 0 Å². The number of anilines is 14. The highest BCUT2D eigenvalue weighted by molar-refractivity contribution is 7.02. The van der Waals surface area contributed by atoms with Gasteiger partial charge in [0.05, 0.1) is 0 Å². The standard InChI is InChI=1S/C64H58B2N6/c1-35-11-13-51-55(27-35)69(47-19-37(3)15-38(4)20-47)59-29-45(67)31-61-63(59)65(51)53-33-58-54(34-57(53)71(61)49-23-41(7)17-42(8)24-49)66-52-14-12-36(2)28-56(52)70(48-21-39(5)16-40(6)22-48)60-30-46(68)32-62(64(60)66)72(58)50-25-43(9)18-44(10)26-50/h11-34H,67-68H2,1-10H3. The molecule has 0 fully saturated rings. The summed E-state index contributed by atoms with van der Waals surface area (Å²) in [5, 5.41) is 0. The summed E-state index contributed by atoms with van der Waals surface area (Å²) < 4.78 is 0. The van der Waals surface area contributed by atoms with Crippen molar-refractivity contribution in [1.29, 1.82) is 0 Å². The second-order valence-corrected chi connectivity index (χ2v) is 21.6. The molecule has 9 aromatic carbocycles. The number of benzene rings is 9. The van der Waals surface area contributed by atoms with Crippen LogP contribution in [0.25, 0.3) is 0 Å². The van der Waals surface area contributed by atoms with Crippen LogP contribution in [0.4, 0.5) is 79.6 Å². The van der Waals surface area contributed by atoms with Crippen LogP contribution in [0.3, 0.4) is 0 Å². The molecule has 0 atom stereocenters. The van der Waals surface area contributed by atoms with E-state index in [9.17, 15) is 0 Å². The van der Waals surface area contributed by atoms with Crippen LogP contribution in [0.5, 0.6) is 0 Å². The topological polar surface area (TPSA) is 65.0 Å². The van der Waals surface area contributed by atoms with Crippen LogP contribution in [0.2, 0.25) is 0 Å². The average Bonchev–Trinajstić information content (AvgIpc) is 3.29. The Morgan fingerprint density at radius 1 is 0.250 bits per heavy atom. The van der Waals surface area contributed by atoms with Gasteiger partial charge in [-0.25, -0.2) is 0 Å². The lowest BCUT2D eigenvalue weighted by Crippen LogP contribution is -2.64. The molecule has 0 spiro atoms. The van der Waals surface area contributed by atoms with Crippen molar-refractivity contribution in [3.8, 4) is 0 Å². The second-order valence-electron chi connectivity index (χ2n) is 21.6. The zero-order valence-corrected chi connectivity index (χ0v) is 43.0. The number of fused-ring (bicyclic) bond motifs is 8. The molecule has 350 valence electrons. The summed E-state index contributed by atoms with van der Waals surface area (Å²) in [6.45, 7) is 21.8. The van der Waals surface area contributed by atoms with Crippen molar-refractivity contribution in [2.75, 3.05) is 31.1 Å². The van der Waals surface area contributed by atoms with Crippen LogP contribution in [-0.2, 0) is 0 Å². The van der Waals surface area contributed by atoms with E-state index in [1.807, 2.05) is 0 Å². The fraction of sp³-hybridized carbons (Fsp3) is 0.156. The minimum Gasteiger partial charge on any atom is -0.399 e. The smallest absolute Gasteiger partial charge is 0.252 e. The maximum absolute atomic E-state index is 7.22. The first-order valence-electron chi connectivity index (χ1n) is 25.4. The van der Waals surface area contributed by atoms with Gasteiger partial charge in [-0.2, -0.15) is 0 Å². The Bertz CT molecular complexity index is 3520. The lowest BCUT2D eigenvalue weighted by molar-refractivity contribution is 1.22. The van der Waals surface area contributed by atoms with Gasteiger partial charge in [0, 0.05) is 79.6 Å². The normalized spacial score (nSPS) is 13.6. The van der Waals surface area contributed by atoms with Crippen LogP contribution in [0, 0.1) is 69.2 Å². The van der Waals surface area contributed by atoms with Gasteiger partial charge in [0.2, 0.25) is 0 Å². The molecule has 4 aliphatic heterocycles. The zero-order valence-electron chi connectivity index (χ0n) is 43.0. The maximum Gasteiger partial charge on any atom is 0.252 e. The van der Waals surface area contributed by atoms with Crippen molar-refractivity contribution in [3.05, 3.63) is 201 Å². The highest BCUT2D eigenvalue weighted by Gasteiger charge is 2.48. The molecule has 0 radical (unpaired) electrons. The lowest BCUT2D eigenvalue weighted by Gasteiger charge is -2.47. The molecular formula is C64H58B2N6. The molecule has 0 aromatic heterocycles. The summed E-state index contributed by atoms with van der Waals surface area (Å²) in [4.78, 5) is 10.0. The summed E-state index contributed by atoms with van der Waals surface area (Å²) >= 11 is 0. The van der Waals surface area contributed by atoms with Gasteiger partial charge in [0.15, 0.2) is 0 Å². The zero-order chi connectivity index (χ0) is 49.8. The molecule has 9 aromatic rings. The maximum atomic E-state index is 7.22. The molecule has 0 saturated carbocycles. The number of aryl methyl sites for hydroxylation is 10. The molecule has 0 saturated heterocycles. The molecule has 0 aliphatic carbocycles. The quantitative estimate of drug-likeness (QED) is 0.135. The summed E-state index contributed by atoms with van der Waals surface area (Å²) in [6.07, 6.45) is 0. The number of hydrogen-bond acceptors (Lipinski definition) is 6. The van der Waals surface area contributed by atoms with E-state index in [1.165, 1.54) is 99.8 Å². The van der Waals surface area contributed by atoms with Crippen LogP contribution in [-0.4, -0.2) is 13.4 Å². The molecule has 4 heterocycles. The second kappa shape index (κ2) is 15.7. The minimum absolute atomic E-state index is 0.115. The Morgan fingerprint density at radius 3 is 0.764 bits per heavy atom. The predicted octanol–water partition coefficient (Wildman–Crippen LogP) is 12.1. The van der Waals surface area contributed by atoms with Crippen molar-refractivity contribution in [3.63, 3.8) is 0 Å². The summed E-state index contributed by atoms with van der Waals surface area (Å²) in [5.41, 5.74) is 49.1. The van der Waals surface area contributed by atoms with Crippen molar-refractivity contribution >= 4 is 126 Å². The lowest BCUT2D eigenvalue weighted by atomic mass is 9.31. The molecule has 4 N–H and O–H groups in total. The first kappa shape index (κ1) is 43.9. The van der Waals surface area contributed by atoms with Gasteiger partial charge in [-0.1, -0.05) is 48.5 Å². The molecule has 0 bridgehead atoms. The molecule has 6 nitrogen and oxygen atoms in total. The van der Waals surface area contributed by atoms with Gasteiger partial charge in [0.25, 0.3) is 13.4 Å². The average molecular weight is 933 g/mol. The largest absolute Gasteiger partial charge is 0.399 e. The summed E-state index contributed by atoms with van der Waals surface area (Å²) in [5.74, 6) is 0. The third-order valence-electron chi connectivity index (χ3n) is 15.5. The van der Waals surface area contributed by atoms with Crippen molar-refractivity contribution in [2.24, 2.45) is 0 Å². The number of nitrogens with zero attached hydrogens (tertiary/aromatic N) is 4. The van der Waals surface area contributed by atoms with Gasteiger partial charge < -0.3 is 31.1 Å². The minimum atomic E-state index is -0.115. The Labute approximate surface area is 425 Å². The molecule has 72 heavy (non-hydrogen) atoms. The Balaban J connectivity index is 1.17. The monoisotopic (exact) mass is 932 g/mol. The van der Waals surface area contributed by atoms with E-state index in [-0.39, 0.29) is 13.4 Å². The first-order chi connectivity index (χ1) is 34.6. The van der Waals surface area contributed by atoms with Gasteiger partial charge in [-0.05, 0) is 255 Å². The van der Waals surface area contributed by atoms with Gasteiger partial charge in [-0.15, -0.1) is 0 Å². The van der Waals surface area contributed by atoms with E-state index in [4.69, 9.17) is 11.5 Å². The Hall–Kier alpha value is -8.09. The Kier molecular flexibility index (Phi) is 9.57. The van der Waals surface area contributed by atoms with Crippen LogP contribution in [0.1, 0.15) is 55.6 Å². The third-order valence-corrected chi connectivity index (χ3v) is 15.5. The number of hydrogen-bond donors (Lipinski definition) is 2. The van der Waals surface area contributed by atoms with Crippen LogP contribution < -0.4 is 63.8 Å². The molecule has 8 heteroatoms. The fourth-order valence-corrected chi connectivity index (χ4v) is 13.2. The SMILES string of the molecule is Cc1cc(C)cc(N2c3cc(C)ccc3B3c4cc5c(cc4N(c4cc(C)cc(C)c4)c4cc(N)cc2c43)B2c3ccc(C)cc3N(c3cc(C)cc(C)c3)c3cc(N)cc(c32)N5c2cc(C)cc(C)c2)c1. The van der Waals surface area contributed by atoms with E-state index >= 15 is 0 Å². The number of nitrogens with two attached hydrogens (primary N) is 2. The van der Waals surface area contributed by atoms with Crippen LogP contribution >= 0.6 is 0 Å². The molecule has 4 aliphatic rings. The van der Waals surface area contributed by atoms with Gasteiger partial charge in [-0.3, -0.25) is 0 Å². The van der Waals surface area contributed by atoms with Gasteiger partial charge >= 0.3 is 0 Å². The first-order valence-corrected chi connectivity index (χ1v) is 25.4. The van der Waals surface area contributed by atoms with E-state index in [2.05, 4.69) is 234 Å². The number of rotatable bonds is 4. The van der Waals surface area contributed by atoms with Crippen molar-refractivity contribution in [1.82, 2.24) is 0 Å². The van der Waals surface area contributed by atoms with E-state index in [1.54, 1.807) is 0 Å². The van der Waals surface area contributed by atoms with Crippen LogP contribution in [0.15, 0.2) is 146 Å². The molecule has 0 unspecified atom stereocenters. The van der Waals surface area contributed by atoms with Crippen molar-refractivity contribution in [2.45, 2.75) is 69.2 Å². The molecular weight excluding hydrogens is 874 g/mol.